The van der Waals surface area contributed by atoms with Crippen molar-refractivity contribution in [3.05, 3.63) is 71.1 Å². The first kappa shape index (κ1) is 22.8. The van der Waals surface area contributed by atoms with Gasteiger partial charge in [0.1, 0.15) is 11.5 Å². The van der Waals surface area contributed by atoms with Gasteiger partial charge in [-0.15, -0.1) is 10.2 Å². The van der Waals surface area contributed by atoms with Crippen LogP contribution in [0.5, 0.6) is 0 Å². The molecule has 0 unspecified atom stereocenters. The summed E-state index contributed by atoms with van der Waals surface area (Å²) in [6, 6.07) is 18.5. The Bertz CT molecular complexity index is 1470. The highest BCUT2D eigenvalue weighted by molar-refractivity contribution is 6.32. The van der Waals surface area contributed by atoms with Gasteiger partial charge >= 0.3 is 0 Å². The minimum atomic E-state index is 0.626. The van der Waals surface area contributed by atoms with Crippen LogP contribution in [0.15, 0.2) is 54.9 Å². The van der Waals surface area contributed by atoms with Gasteiger partial charge < -0.3 is 14.4 Å². The second-order valence-corrected chi connectivity index (χ2v) is 10.6. The summed E-state index contributed by atoms with van der Waals surface area (Å²) in [6.45, 7) is 6.23. The molecule has 0 N–H and O–H groups in total. The topological polar surface area (TPSA) is 65.9 Å². The predicted octanol–water partition coefficient (Wildman–Crippen LogP) is 4.92. The van der Waals surface area contributed by atoms with E-state index in [2.05, 4.69) is 80.5 Å². The van der Waals surface area contributed by atoms with Crippen LogP contribution in [0.25, 0.3) is 28.3 Å². The standard InChI is InChI=1S/C28H28ClN7/c1-18-13-34(15-22(18)14-33(2)3)23-8-9-25-21(10-23)16-35-26(28-32-31-17-36(25)28)11-24(27(35)29)20-6-4-19(12-30)5-7-20/h4-11,17-18,22H,13-16H2,1-3H3/t18-,22+/m0/s1. The predicted molar refractivity (Wildman–Crippen MR) is 142 cm³/mol. The first-order chi connectivity index (χ1) is 17.4. The van der Waals surface area contributed by atoms with Crippen LogP contribution >= 0.6 is 11.6 Å². The molecule has 8 heteroatoms. The van der Waals surface area contributed by atoms with Crippen molar-refractivity contribution in [2.75, 3.05) is 38.6 Å². The van der Waals surface area contributed by atoms with Crippen LogP contribution < -0.4 is 4.90 Å². The molecule has 7 nitrogen and oxygen atoms in total. The van der Waals surface area contributed by atoms with Gasteiger partial charge in [-0.1, -0.05) is 30.7 Å². The number of rotatable bonds is 4. The van der Waals surface area contributed by atoms with Crippen LogP contribution in [0.1, 0.15) is 18.1 Å². The van der Waals surface area contributed by atoms with Crippen molar-refractivity contribution in [2.24, 2.45) is 11.8 Å². The number of hydrogen-bond donors (Lipinski definition) is 0. The largest absolute Gasteiger partial charge is 0.371 e. The molecule has 1 fully saturated rings. The Kier molecular flexibility index (Phi) is 5.59. The summed E-state index contributed by atoms with van der Waals surface area (Å²) >= 11 is 7.00. The fourth-order valence-corrected chi connectivity index (χ4v) is 5.94. The third kappa shape index (κ3) is 3.78. The van der Waals surface area contributed by atoms with E-state index in [0.29, 0.717) is 29.1 Å². The van der Waals surface area contributed by atoms with E-state index < -0.39 is 0 Å². The molecule has 1 saturated heterocycles. The Morgan fingerprint density at radius 2 is 1.92 bits per heavy atom. The Balaban J connectivity index is 1.40. The molecule has 0 aliphatic carbocycles. The zero-order valence-electron chi connectivity index (χ0n) is 20.7. The molecule has 0 radical (unpaired) electrons. The van der Waals surface area contributed by atoms with Crippen molar-refractivity contribution in [2.45, 2.75) is 13.5 Å². The van der Waals surface area contributed by atoms with Gasteiger partial charge in [0.25, 0.3) is 0 Å². The zero-order chi connectivity index (χ0) is 25.0. The van der Waals surface area contributed by atoms with Gasteiger partial charge in [0, 0.05) is 30.9 Å². The van der Waals surface area contributed by atoms with Crippen LogP contribution in [0, 0.1) is 23.2 Å². The van der Waals surface area contributed by atoms with Gasteiger partial charge in [0.2, 0.25) is 0 Å². The number of halogens is 1. The lowest BCUT2D eigenvalue weighted by Gasteiger charge is -2.22. The summed E-state index contributed by atoms with van der Waals surface area (Å²) < 4.78 is 4.17. The Morgan fingerprint density at radius 1 is 1.11 bits per heavy atom. The average molecular weight is 498 g/mol. The van der Waals surface area contributed by atoms with Crippen molar-refractivity contribution in [3.8, 4) is 34.4 Å². The molecule has 2 aromatic heterocycles. The number of fused-ring (bicyclic) bond motifs is 5. The molecule has 0 amide bonds. The van der Waals surface area contributed by atoms with Crippen LogP contribution in [-0.2, 0) is 6.54 Å². The van der Waals surface area contributed by atoms with Crippen molar-refractivity contribution < 1.29 is 0 Å². The molecular formula is C28H28ClN7. The minimum absolute atomic E-state index is 0.626. The van der Waals surface area contributed by atoms with Gasteiger partial charge in [0.15, 0.2) is 5.82 Å². The fourth-order valence-electron chi connectivity index (χ4n) is 5.63. The Hall–Kier alpha value is -3.60. The fraction of sp³-hybridized carbons (Fsp3) is 0.321. The maximum Gasteiger partial charge on any atom is 0.185 e. The Labute approximate surface area is 216 Å². The molecule has 0 spiro atoms. The highest BCUT2D eigenvalue weighted by Gasteiger charge is 2.31. The van der Waals surface area contributed by atoms with E-state index in [4.69, 9.17) is 16.9 Å². The minimum Gasteiger partial charge on any atom is -0.371 e. The second kappa shape index (κ2) is 8.81. The molecule has 36 heavy (non-hydrogen) atoms. The van der Waals surface area contributed by atoms with Crippen molar-refractivity contribution >= 4 is 17.3 Å². The summed E-state index contributed by atoms with van der Waals surface area (Å²) in [5, 5.41) is 18.5. The SMILES string of the molecule is C[C@H]1CN(c2ccc3c(c2)Cn2c(cc(-c4ccc(C#N)cc4)c2Cl)-c2nncn2-3)C[C@H]1CN(C)C. The molecule has 0 bridgehead atoms. The lowest BCUT2D eigenvalue weighted by molar-refractivity contribution is 0.301. The van der Waals surface area contributed by atoms with E-state index in [9.17, 15) is 0 Å². The van der Waals surface area contributed by atoms with E-state index >= 15 is 0 Å². The third-order valence-corrected chi connectivity index (χ3v) is 7.92. The molecule has 182 valence electrons. The molecule has 2 aliphatic rings. The summed E-state index contributed by atoms with van der Waals surface area (Å²) in [5.74, 6) is 2.07. The number of nitrogens with zero attached hydrogens (tertiary/aromatic N) is 7. The zero-order valence-corrected chi connectivity index (χ0v) is 21.4. The molecule has 4 heterocycles. The maximum absolute atomic E-state index is 9.16. The van der Waals surface area contributed by atoms with E-state index in [1.54, 1.807) is 6.33 Å². The first-order valence-electron chi connectivity index (χ1n) is 12.3. The molecule has 2 atom stereocenters. The number of aromatic nitrogens is 4. The normalized spacial score (nSPS) is 18.5. The summed E-state index contributed by atoms with van der Waals surface area (Å²) in [5.41, 5.74) is 6.95. The van der Waals surface area contributed by atoms with Gasteiger partial charge in [0.05, 0.1) is 29.6 Å². The van der Waals surface area contributed by atoms with Crippen molar-refractivity contribution in [1.82, 2.24) is 24.2 Å². The molecule has 2 aliphatic heterocycles. The lowest BCUT2D eigenvalue weighted by Crippen LogP contribution is -2.27. The summed E-state index contributed by atoms with van der Waals surface area (Å²) in [4.78, 5) is 4.80. The third-order valence-electron chi connectivity index (χ3n) is 7.52. The van der Waals surface area contributed by atoms with Crippen molar-refractivity contribution in [1.29, 1.82) is 5.26 Å². The van der Waals surface area contributed by atoms with Crippen LogP contribution in [-0.4, -0.2) is 58.0 Å². The van der Waals surface area contributed by atoms with Gasteiger partial charge in [-0.05, 0) is 73.5 Å². The Morgan fingerprint density at radius 3 is 2.67 bits per heavy atom. The maximum atomic E-state index is 9.16. The smallest absolute Gasteiger partial charge is 0.185 e. The summed E-state index contributed by atoms with van der Waals surface area (Å²) in [6.07, 6.45) is 1.77. The first-order valence-corrected chi connectivity index (χ1v) is 12.6. The molecule has 6 rings (SSSR count). The number of hydrogen-bond acceptors (Lipinski definition) is 5. The molecular weight excluding hydrogens is 470 g/mol. The number of benzene rings is 2. The highest BCUT2D eigenvalue weighted by atomic mass is 35.5. The van der Waals surface area contributed by atoms with E-state index in [1.807, 2.05) is 24.3 Å². The monoisotopic (exact) mass is 497 g/mol. The molecule has 2 aromatic carbocycles. The van der Waals surface area contributed by atoms with E-state index in [1.165, 1.54) is 11.3 Å². The van der Waals surface area contributed by atoms with E-state index in [-0.39, 0.29) is 0 Å². The highest BCUT2D eigenvalue weighted by Crippen LogP contribution is 2.40. The summed E-state index contributed by atoms with van der Waals surface area (Å²) in [7, 11) is 4.30. The quantitative estimate of drug-likeness (QED) is 0.352. The van der Waals surface area contributed by atoms with Crippen LogP contribution in [0.3, 0.4) is 0 Å². The average Bonchev–Trinajstić information content (AvgIpc) is 3.55. The molecule has 0 saturated carbocycles. The lowest BCUT2D eigenvalue weighted by atomic mass is 9.98. The van der Waals surface area contributed by atoms with Crippen molar-refractivity contribution in [3.63, 3.8) is 0 Å². The number of anilines is 1. The van der Waals surface area contributed by atoms with Gasteiger partial charge in [-0.25, -0.2) is 0 Å². The van der Waals surface area contributed by atoms with Gasteiger partial charge in [-0.2, -0.15) is 5.26 Å². The number of nitriles is 1. The van der Waals surface area contributed by atoms with Gasteiger partial charge in [-0.3, -0.25) is 4.57 Å². The second-order valence-electron chi connectivity index (χ2n) is 10.3. The van der Waals surface area contributed by atoms with Crippen LogP contribution in [0.4, 0.5) is 5.69 Å². The van der Waals surface area contributed by atoms with E-state index in [0.717, 1.165) is 48.0 Å². The molecule has 4 aromatic rings. The van der Waals surface area contributed by atoms with Crippen LogP contribution in [0.2, 0.25) is 5.15 Å².